The van der Waals surface area contributed by atoms with Gasteiger partial charge in [0.05, 0.1) is 12.1 Å². The Hall–Kier alpha value is -1.51. The zero-order valence-electron chi connectivity index (χ0n) is 16.6. The summed E-state index contributed by atoms with van der Waals surface area (Å²) in [6.07, 6.45) is 5.07. The van der Waals surface area contributed by atoms with Gasteiger partial charge in [-0.2, -0.15) is 0 Å². The maximum absolute atomic E-state index is 12.5. The van der Waals surface area contributed by atoms with Gasteiger partial charge in [0.1, 0.15) is 6.04 Å². The van der Waals surface area contributed by atoms with Crippen LogP contribution in [0, 0.1) is 11.8 Å². The maximum atomic E-state index is 12.5. The topological polar surface area (TPSA) is 148 Å². The molecule has 8 nitrogen and oxygen atoms in total. The Morgan fingerprint density at radius 3 is 2.19 bits per heavy atom. The highest BCUT2D eigenvalue weighted by atomic mass is 16.3. The van der Waals surface area contributed by atoms with Gasteiger partial charge in [0.15, 0.2) is 5.78 Å². The fourth-order valence-electron chi connectivity index (χ4n) is 3.70. The lowest BCUT2D eigenvalue weighted by Crippen LogP contribution is -2.57. The van der Waals surface area contributed by atoms with Crippen LogP contribution in [0.4, 0.5) is 0 Å². The lowest BCUT2D eigenvalue weighted by atomic mass is 9.78. The molecule has 156 valence electrons. The minimum atomic E-state index is -1.14. The summed E-state index contributed by atoms with van der Waals surface area (Å²) in [5.74, 6) is -0.624. The SMILES string of the molecule is CCC(=O)[C@H](CN)NC(=O)[C@@H](NC(=O)CC(CN)C1CCCCC1)C(C)O. The second kappa shape index (κ2) is 12.0. The first-order valence-corrected chi connectivity index (χ1v) is 10.0. The Bertz CT molecular complexity index is 492. The van der Waals surface area contributed by atoms with Gasteiger partial charge < -0.3 is 27.2 Å². The minimum Gasteiger partial charge on any atom is -0.391 e. The molecule has 1 aliphatic rings. The fourth-order valence-corrected chi connectivity index (χ4v) is 3.70. The molecule has 0 spiro atoms. The molecule has 27 heavy (non-hydrogen) atoms. The predicted octanol–water partition coefficient (Wildman–Crippen LogP) is -0.180. The van der Waals surface area contributed by atoms with Crippen LogP contribution in [0.3, 0.4) is 0 Å². The van der Waals surface area contributed by atoms with Crippen LogP contribution in [0.5, 0.6) is 0 Å². The maximum Gasteiger partial charge on any atom is 0.245 e. The Morgan fingerprint density at radius 2 is 1.70 bits per heavy atom. The van der Waals surface area contributed by atoms with Crippen LogP contribution in [0.25, 0.3) is 0 Å². The van der Waals surface area contributed by atoms with Gasteiger partial charge in [-0.05, 0) is 25.3 Å². The Balaban J connectivity index is 2.67. The third kappa shape index (κ3) is 7.56. The number of ketones is 1. The Morgan fingerprint density at radius 1 is 1.07 bits per heavy atom. The predicted molar refractivity (Wildman–Crippen MR) is 104 cm³/mol. The van der Waals surface area contributed by atoms with E-state index in [1.54, 1.807) is 6.92 Å². The molecule has 2 amide bonds. The number of carbonyl (C=O) groups excluding carboxylic acids is 3. The zero-order valence-corrected chi connectivity index (χ0v) is 16.6. The van der Waals surface area contributed by atoms with Gasteiger partial charge >= 0.3 is 0 Å². The van der Waals surface area contributed by atoms with Crippen molar-refractivity contribution in [2.45, 2.75) is 77.0 Å². The zero-order chi connectivity index (χ0) is 20.4. The third-order valence-corrected chi connectivity index (χ3v) is 5.44. The largest absolute Gasteiger partial charge is 0.391 e. The molecule has 1 aliphatic carbocycles. The quantitative estimate of drug-likeness (QED) is 0.334. The summed E-state index contributed by atoms with van der Waals surface area (Å²) >= 11 is 0. The summed E-state index contributed by atoms with van der Waals surface area (Å²) in [6, 6.07) is -1.96. The van der Waals surface area contributed by atoms with Crippen molar-refractivity contribution in [1.29, 1.82) is 0 Å². The number of hydrogen-bond acceptors (Lipinski definition) is 6. The highest BCUT2D eigenvalue weighted by molar-refractivity contribution is 5.93. The molecule has 0 saturated heterocycles. The van der Waals surface area contributed by atoms with Crippen molar-refractivity contribution in [3.63, 3.8) is 0 Å². The number of nitrogens with two attached hydrogens (primary N) is 2. The molecule has 0 aromatic heterocycles. The third-order valence-electron chi connectivity index (χ3n) is 5.44. The van der Waals surface area contributed by atoms with Crippen LogP contribution in [-0.2, 0) is 14.4 Å². The van der Waals surface area contributed by atoms with Crippen LogP contribution in [-0.4, -0.2) is 54.0 Å². The molecule has 0 heterocycles. The van der Waals surface area contributed by atoms with Gasteiger partial charge in [-0.3, -0.25) is 14.4 Å². The Kier molecular flexibility index (Phi) is 10.5. The molecular weight excluding hydrogens is 348 g/mol. The number of aliphatic hydroxyl groups is 1. The molecule has 2 unspecified atom stereocenters. The first kappa shape index (κ1) is 23.5. The first-order chi connectivity index (χ1) is 12.8. The number of rotatable bonds is 11. The molecule has 1 rings (SSSR count). The van der Waals surface area contributed by atoms with Gasteiger partial charge in [0.2, 0.25) is 11.8 Å². The number of aliphatic hydroxyl groups excluding tert-OH is 1. The van der Waals surface area contributed by atoms with E-state index in [9.17, 15) is 19.5 Å². The van der Waals surface area contributed by atoms with E-state index in [1.165, 1.54) is 13.3 Å². The van der Waals surface area contributed by atoms with Crippen molar-refractivity contribution < 1.29 is 19.5 Å². The van der Waals surface area contributed by atoms with Gasteiger partial charge in [-0.1, -0.05) is 39.0 Å². The van der Waals surface area contributed by atoms with E-state index in [-0.39, 0.29) is 37.0 Å². The number of carbonyl (C=O) groups is 3. The summed E-state index contributed by atoms with van der Waals surface area (Å²) in [5.41, 5.74) is 11.4. The van der Waals surface area contributed by atoms with E-state index in [4.69, 9.17) is 11.5 Å². The molecule has 7 N–H and O–H groups in total. The molecular formula is C19H36N4O4. The second-order valence-electron chi connectivity index (χ2n) is 7.50. The number of amides is 2. The van der Waals surface area contributed by atoms with Crippen molar-refractivity contribution in [3.8, 4) is 0 Å². The molecule has 4 atom stereocenters. The highest BCUT2D eigenvalue weighted by Gasteiger charge is 2.30. The van der Waals surface area contributed by atoms with Crippen LogP contribution in [0.1, 0.15) is 58.8 Å². The molecule has 0 aromatic rings. The van der Waals surface area contributed by atoms with Crippen molar-refractivity contribution in [2.24, 2.45) is 23.3 Å². The molecule has 0 bridgehead atoms. The second-order valence-corrected chi connectivity index (χ2v) is 7.50. The van der Waals surface area contributed by atoms with Crippen LogP contribution >= 0.6 is 0 Å². The Labute approximate surface area is 161 Å². The number of hydrogen-bond donors (Lipinski definition) is 5. The summed E-state index contributed by atoms with van der Waals surface area (Å²) in [5, 5.41) is 15.1. The van der Waals surface area contributed by atoms with E-state index >= 15 is 0 Å². The van der Waals surface area contributed by atoms with E-state index in [0.717, 1.165) is 25.7 Å². The number of nitrogens with one attached hydrogen (secondary N) is 2. The van der Waals surface area contributed by atoms with Crippen LogP contribution in [0.15, 0.2) is 0 Å². The number of Topliss-reactive ketones (excluding diaryl/α,β-unsaturated/α-hetero) is 1. The monoisotopic (exact) mass is 384 g/mol. The average molecular weight is 385 g/mol. The summed E-state index contributed by atoms with van der Waals surface area (Å²) in [6.45, 7) is 3.49. The summed E-state index contributed by atoms with van der Waals surface area (Å²) in [7, 11) is 0. The van der Waals surface area contributed by atoms with E-state index < -0.39 is 24.1 Å². The lowest BCUT2D eigenvalue weighted by molar-refractivity contribution is -0.134. The van der Waals surface area contributed by atoms with Crippen molar-refractivity contribution in [2.75, 3.05) is 13.1 Å². The molecule has 0 aliphatic heterocycles. The molecule has 0 aromatic carbocycles. The molecule has 1 saturated carbocycles. The normalized spacial score (nSPS) is 19.6. The standard InChI is InChI=1S/C19H36N4O4/c1-3-16(25)15(11-21)22-19(27)18(12(2)24)23-17(26)9-14(10-20)13-7-5-4-6-8-13/h12-15,18,24H,3-11,20-21H2,1-2H3,(H,22,27)(H,23,26)/t12?,14?,15-,18-/m0/s1. The fraction of sp³-hybridized carbons (Fsp3) is 0.842. The van der Waals surface area contributed by atoms with E-state index in [2.05, 4.69) is 10.6 Å². The van der Waals surface area contributed by atoms with Crippen molar-refractivity contribution >= 4 is 17.6 Å². The molecule has 0 radical (unpaired) electrons. The van der Waals surface area contributed by atoms with E-state index in [1.807, 2.05) is 0 Å². The van der Waals surface area contributed by atoms with Crippen LogP contribution < -0.4 is 22.1 Å². The average Bonchev–Trinajstić information content (AvgIpc) is 2.67. The van der Waals surface area contributed by atoms with Gasteiger partial charge in [0, 0.05) is 19.4 Å². The minimum absolute atomic E-state index is 0.0319. The summed E-state index contributed by atoms with van der Waals surface area (Å²) in [4.78, 5) is 36.7. The van der Waals surface area contributed by atoms with Crippen molar-refractivity contribution in [1.82, 2.24) is 10.6 Å². The van der Waals surface area contributed by atoms with Gasteiger partial charge in [0.25, 0.3) is 0 Å². The molecule has 1 fully saturated rings. The van der Waals surface area contributed by atoms with E-state index in [0.29, 0.717) is 12.5 Å². The van der Waals surface area contributed by atoms with Crippen LogP contribution in [0.2, 0.25) is 0 Å². The van der Waals surface area contributed by atoms with Gasteiger partial charge in [-0.25, -0.2) is 0 Å². The summed E-state index contributed by atoms with van der Waals surface area (Å²) < 4.78 is 0. The first-order valence-electron chi connectivity index (χ1n) is 10.0. The molecule has 8 heteroatoms. The highest BCUT2D eigenvalue weighted by Crippen LogP contribution is 2.31. The van der Waals surface area contributed by atoms with Gasteiger partial charge in [-0.15, -0.1) is 0 Å². The van der Waals surface area contributed by atoms with Crippen molar-refractivity contribution in [3.05, 3.63) is 0 Å². The smallest absolute Gasteiger partial charge is 0.245 e. The lowest BCUT2D eigenvalue weighted by Gasteiger charge is -2.30.